The van der Waals surface area contributed by atoms with Crippen LogP contribution in [0.5, 0.6) is 0 Å². The second kappa shape index (κ2) is 5.49. The molecule has 0 radical (unpaired) electrons. The van der Waals surface area contributed by atoms with Gasteiger partial charge in [0.1, 0.15) is 16.7 Å². The number of thiophene rings is 1. The van der Waals surface area contributed by atoms with Crippen LogP contribution in [0, 0.1) is 18.3 Å². The van der Waals surface area contributed by atoms with E-state index in [2.05, 4.69) is 16.5 Å². The van der Waals surface area contributed by atoms with Gasteiger partial charge < -0.3 is 9.88 Å². The molecular weight excluding hydrogens is 322 g/mol. The number of aryl methyl sites for hydroxylation is 2. The highest BCUT2D eigenvalue weighted by molar-refractivity contribution is 7.20. The van der Waals surface area contributed by atoms with Crippen molar-refractivity contribution in [3.63, 3.8) is 0 Å². The maximum atomic E-state index is 12.7. The highest BCUT2D eigenvalue weighted by atomic mass is 32.1. The number of carbonyl (C=O) groups excluding carboxylic acids is 1. The van der Waals surface area contributed by atoms with Crippen molar-refractivity contribution < 1.29 is 4.79 Å². The van der Waals surface area contributed by atoms with Crippen LogP contribution in [-0.2, 0) is 12.6 Å². The molecule has 3 rings (SSSR count). The van der Waals surface area contributed by atoms with Crippen LogP contribution < -0.4 is 5.32 Å². The molecule has 1 amide bonds. The number of nitriles is 1. The SMILES string of the molecule is Cc1nn(C)c2sc(C(=O)Nc3cc(C#N)cn3C(C)(C)C)cc12. The van der Waals surface area contributed by atoms with Crippen LogP contribution in [-0.4, -0.2) is 20.3 Å². The number of fused-ring (bicyclic) bond motifs is 1. The van der Waals surface area contributed by atoms with E-state index in [0.717, 1.165) is 15.9 Å². The lowest BCUT2D eigenvalue weighted by Crippen LogP contribution is -2.24. The number of amides is 1. The summed E-state index contributed by atoms with van der Waals surface area (Å²) in [5.74, 6) is 0.444. The Morgan fingerprint density at radius 2 is 2.08 bits per heavy atom. The molecule has 0 fully saturated rings. The van der Waals surface area contributed by atoms with Gasteiger partial charge in [-0.05, 0) is 39.8 Å². The molecule has 3 aromatic rings. The molecule has 1 N–H and O–H groups in total. The zero-order valence-electron chi connectivity index (χ0n) is 14.3. The van der Waals surface area contributed by atoms with Crippen LogP contribution in [0.3, 0.4) is 0 Å². The maximum Gasteiger partial charge on any atom is 0.266 e. The molecule has 0 aliphatic rings. The Morgan fingerprint density at radius 1 is 1.38 bits per heavy atom. The molecule has 0 spiro atoms. The van der Waals surface area contributed by atoms with Gasteiger partial charge >= 0.3 is 0 Å². The summed E-state index contributed by atoms with van der Waals surface area (Å²) < 4.78 is 3.70. The van der Waals surface area contributed by atoms with Gasteiger partial charge in [-0.25, -0.2) is 0 Å². The van der Waals surface area contributed by atoms with Gasteiger partial charge in [0.05, 0.1) is 16.1 Å². The molecule has 0 aliphatic carbocycles. The van der Waals surface area contributed by atoms with Gasteiger partial charge in [0.2, 0.25) is 0 Å². The number of rotatable bonds is 2. The third-order valence-corrected chi connectivity index (χ3v) is 5.03. The summed E-state index contributed by atoms with van der Waals surface area (Å²) in [6, 6.07) is 5.69. The molecule has 3 heterocycles. The summed E-state index contributed by atoms with van der Waals surface area (Å²) in [5, 5.41) is 17.4. The van der Waals surface area contributed by atoms with Crippen LogP contribution in [0.4, 0.5) is 5.82 Å². The number of carbonyl (C=O) groups is 1. The average molecular weight is 341 g/mol. The van der Waals surface area contributed by atoms with Crippen LogP contribution in [0.25, 0.3) is 10.2 Å². The Hall–Kier alpha value is -2.59. The minimum Gasteiger partial charge on any atom is -0.328 e. The Bertz CT molecular complexity index is 943. The maximum absolute atomic E-state index is 12.7. The number of hydrogen-bond donors (Lipinski definition) is 1. The van der Waals surface area contributed by atoms with Gasteiger partial charge in [-0.1, -0.05) is 0 Å². The van der Waals surface area contributed by atoms with Crippen molar-refractivity contribution in [2.24, 2.45) is 7.05 Å². The molecule has 3 aromatic heterocycles. The monoisotopic (exact) mass is 341 g/mol. The molecule has 0 aliphatic heterocycles. The van der Waals surface area contributed by atoms with Crippen LogP contribution in [0.2, 0.25) is 0 Å². The lowest BCUT2D eigenvalue weighted by Gasteiger charge is -2.24. The van der Waals surface area contributed by atoms with E-state index in [0.29, 0.717) is 16.3 Å². The highest BCUT2D eigenvalue weighted by Gasteiger charge is 2.21. The van der Waals surface area contributed by atoms with E-state index in [4.69, 9.17) is 5.26 Å². The van der Waals surface area contributed by atoms with Crippen LogP contribution in [0.15, 0.2) is 18.3 Å². The fraction of sp³-hybridized carbons (Fsp3) is 0.353. The number of nitrogens with one attached hydrogen (secondary N) is 1. The van der Waals surface area contributed by atoms with Crippen molar-refractivity contribution >= 4 is 33.3 Å². The number of nitrogens with zero attached hydrogens (tertiary/aromatic N) is 4. The number of hydrogen-bond acceptors (Lipinski definition) is 4. The molecule has 0 saturated heterocycles. The molecule has 0 aromatic carbocycles. The predicted molar refractivity (Wildman–Crippen MR) is 95.4 cm³/mol. The zero-order chi connectivity index (χ0) is 17.6. The molecule has 124 valence electrons. The van der Waals surface area contributed by atoms with Crippen molar-refractivity contribution in [2.75, 3.05) is 5.32 Å². The first-order valence-corrected chi connectivity index (χ1v) is 8.40. The highest BCUT2D eigenvalue weighted by Crippen LogP contribution is 2.29. The summed E-state index contributed by atoms with van der Waals surface area (Å²) in [7, 11) is 1.87. The summed E-state index contributed by atoms with van der Waals surface area (Å²) in [6.07, 6.45) is 1.76. The molecule has 7 heteroatoms. The summed E-state index contributed by atoms with van der Waals surface area (Å²) in [4.78, 5) is 14.3. The summed E-state index contributed by atoms with van der Waals surface area (Å²) >= 11 is 1.41. The Kier molecular flexibility index (Phi) is 3.73. The van der Waals surface area contributed by atoms with Crippen molar-refractivity contribution in [3.05, 3.63) is 34.5 Å². The minimum atomic E-state index is -0.238. The Balaban J connectivity index is 1.96. The largest absolute Gasteiger partial charge is 0.328 e. The molecule has 0 unspecified atom stereocenters. The summed E-state index contributed by atoms with van der Waals surface area (Å²) in [6.45, 7) is 8.01. The summed E-state index contributed by atoms with van der Waals surface area (Å²) in [5.41, 5.74) is 1.20. The number of anilines is 1. The third-order valence-electron chi connectivity index (χ3n) is 3.83. The second-order valence-corrected chi connectivity index (χ2v) is 7.79. The quantitative estimate of drug-likeness (QED) is 0.773. The van der Waals surface area contributed by atoms with E-state index < -0.39 is 0 Å². The van der Waals surface area contributed by atoms with E-state index in [9.17, 15) is 4.79 Å². The van der Waals surface area contributed by atoms with Crippen LogP contribution in [0.1, 0.15) is 41.7 Å². The van der Waals surface area contributed by atoms with E-state index in [-0.39, 0.29) is 11.4 Å². The van der Waals surface area contributed by atoms with Crippen LogP contribution >= 0.6 is 11.3 Å². The zero-order valence-corrected chi connectivity index (χ0v) is 15.2. The van der Waals surface area contributed by atoms with E-state index in [1.807, 2.05) is 45.4 Å². The van der Waals surface area contributed by atoms with Gasteiger partial charge in [0, 0.05) is 24.2 Å². The van der Waals surface area contributed by atoms with Gasteiger partial charge in [-0.2, -0.15) is 10.4 Å². The second-order valence-electron chi connectivity index (χ2n) is 6.76. The normalized spacial score (nSPS) is 11.7. The molecule has 0 bridgehead atoms. The van der Waals surface area contributed by atoms with E-state index >= 15 is 0 Å². The molecular formula is C17H19N5OS. The van der Waals surface area contributed by atoms with Crippen molar-refractivity contribution in [1.29, 1.82) is 5.26 Å². The van der Waals surface area contributed by atoms with Gasteiger partial charge in [0.15, 0.2) is 0 Å². The minimum absolute atomic E-state index is 0.177. The fourth-order valence-electron chi connectivity index (χ4n) is 2.67. The average Bonchev–Trinajstić information content (AvgIpc) is 3.15. The first kappa shape index (κ1) is 16.3. The first-order valence-electron chi connectivity index (χ1n) is 7.58. The van der Waals surface area contributed by atoms with Crippen molar-refractivity contribution in [2.45, 2.75) is 33.2 Å². The molecule has 6 nitrogen and oxygen atoms in total. The lowest BCUT2D eigenvalue weighted by molar-refractivity contribution is 0.102. The lowest BCUT2D eigenvalue weighted by atomic mass is 10.1. The standard InChI is InChI=1S/C17H19N5OS/c1-10-12-7-13(24-16(12)21(5)20-10)15(23)19-14-6-11(8-18)9-22(14)17(2,3)4/h6-7,9H,1-5H3,(H,19,23). The van der Waals surface area contributed by atoms with Crippen molar-refractivity contribution in [1.82, 2.24) is 14.3 Å². The van der Waals surface area contributed by atoms with Gasteiger partial charge in [-0.15, -0.1) is 11.3 Å². The van der Waals surface area contributed by atoms with E-state index in [1.54, 1.807) is 16.9 Å². The molecule has 0 saturated carbocycles. The van der Waals surface area contributed by atoms with Crippen molar-refractivity contribution in [3.8, 4) is 6.07 Å². The number of aromatic nitrogens is 3. The third kappa shape index (κ3) is 2.69. The smallest absolute Gasteiger partial charge is 0.266 e. The Morgan fingerprint density at radius 3 is 2.67 bits per heavy atom. The predicted octanol–water partition coefficient (Wildman–Crippen LogP) is 3.62. The molecule has 0 atom stereocenters. The fourth-order valence-corrected chi connectivity index (χ4v) is 3.69. The Labute approximate surface area is 144 Å². The first-order chi connectivity index (χ1) is 11.2. The van der Waals surface area contributed by atoms with Gasteiger partial charge in [0.25, 0.3) is 5.91 Å². The van der Waals surface area contributed by atoms with E-state index in [1.165, 1.54) is 11.3 Å². The van der Waals surface area contributed by atoms with Gasteiger partial charge in [-0.3, -0.25) is 9.48 Å². The molecule has 24 heavy (non-hydrogen) atoms. The topological polar surface area (TPSA) is 75.6 Å².